The first-order valence-corrected chi connectivity index (χ1v) is 11.6. The van der Waals surface area contributed by atoms with E-state index in [9.17, 15) is 10.2 Å². The Morgan fingerprint density at radius 1 is 1.10 bits per heavy atom. The minimum atomic E-state index is -0.874. The van der Waals surface area contributed by atoms with Crippen LogP contribution < -0.4 is 0 Å². The number of aryl methyl sites for hydroxylation is 1. The fourth-order valence-electron chi connectivity index (χ4n) is 6.07. The third-order valence-electron chi connectivity index (χ3n) is 7.94. The Kier molecular flexibility index (Phi) is 4.22. The summed E-state index contributed by atoms with van der Waals surface area (Å²) in [6.07, 6.45) is 4.85. The monoisotopic (exact) mass is 414 g/mol. The van der Waals surface area contributed by atoms with E-state index in [-0.39, 0.29) is 5.75 Å². The molecule has 1 saturated heterocycles. The number of rotatable bonds is 3. The molecule has 31 heavy (non-hydrogen) atoms. The molecule has 0 unspecified atom stereocenters. The Labute approximate surface area is 183 Å². The van der Waals surface area contributed by atoms with Crippen LogP contribution in [0.25, 0.3) is 10.9 Å². The molecule has 0 radical (unpaired) electrons. The molecule has 4 nitrogen and oxygen atoms in total. The zero-order valence-corrected chi connectivity index (χ0v) is 18.1. The quantitative estimate of drug-likeness (QED) is 0.677. The van der Waals surface area contributed by atoms with Crippen molar-refractivity contribution in [3.05, 3.63) is 70.9 Å². The molecule has 0 amide bonds. The maximum absolute atomic E-state index is 12.3. The SMILES string of the molecule is Cc1ccc2cc3c(nc2c1)C[C@]1(c2cccc(O)c2)CCN(CC2CC2)C[C@@]1(O)C3. The number of fused-ring (bicyclic) bond motifs is 3. The highest BCUT2D eigenvalue weighted by molar-refractivity contribution is 5.80. The number of phenols is 1. The van der Waals surface area contributed by atoms with Gasteiger partial charge in [0, 0.05) is 42.4 Å². The van der Waals surface area contributed by atoms with Crippen molar-refractivity contribution in [1.29, 1.82) is 0 Å². The molecule has 2 N–H and O–H groups in total. The van der Waals surface area contributed by atoms with Crippen LogP contribution in [-0.4, -0.2) is 45.3 Å². The van der Waals surface area contributed by atoms with Crippen LogP contribution in [-0.2, 0) is 18.3 Å². The molecule has 0 bridgehead atoms. The van der Waals surface area contributed by atoms with Gasteiger partial charge in [-0.15, -0.1) is 0 Å². The lowest BCUT2D eigenvalue weighted by Crippen LogP contribution is -2.66. The molecule has 2 heterocycles. The lowest BCUT2D eigenvalue weighted by atomic mass is 9.56. The van der Waals surface area contributed by atoms with Crippen molar-refractivity contribution in [2.24, 2.45) is 5.92 Å². The van der Waals surface area contributed by atoms with Gasteiger partial charge in [0.15, 0.2) is 0 Å². The van der Waals surface area contributed by atoms with Crippen molar-refractivity contribution >= 4 is 10.9 Å². The fourth-order valence-corrected chi connectivity index (χ4v) is 6.07. The number of hydrogen-bond acceptors (Lipinski definition) is 4. The number of hydrogen-bond donors (Lipinski definition) is 2. The molecule has 1 saturated carbocycles. The number of likely N-dealkylation sites (tertiary alicyclic amines) is 1. The van der Waals surface area contributed by atoms with Gasteiger partial charge in [0.2, 0.25) is 0 Å². The van der Waals surface area contributed by atoms with Crippen LogP contribution in [0, 0.1) is 12.8 Å². The van der Waals surface area contributed by atoms with Gasteiger partial charge in [0.1, 0.15) is 5.75 Å². The molecular weight excluding hydrogens is 384 g/mol. The van der Waals surface area contributed by atoms with Gasteiger partial charge in [-0.25, -0.2) is 0 Å². The molecule has 1 aliphatic heterocycles. The zero-order chi connectivity index (χ0) is 21.2. The van der Waals surface area contributed by atoms with Crippen LogP contribution >= 0.6 is 0 Å². The molecule has 3 aromatic rings. The summed E-state index contributed by atoms with van der Waals surface area (Å²) in [5.74, 6) is 1.07. The van der Waals surface area contributed by atoms with Crippen LogP contribution in [0.5, 0.6) is 5.75 Å². The summed E-state index contributed by atoms with van der Waals surface area (Å²) in [7, 11) is 0. The number of benzene rings is 2. The van der Waals surface area contributed by atoms with Crippen LogP contribution in [0.15, 0.2) is 48.5 Å². The Morgan fingerprint density at radius 2 is 1.97 bits per heavy atom. The van der Waals surface area contributed by atoms with Gasteiger partial charge >= 0.3 is 0 Å². The summed E-state index contributed by atoms with van der Waals surface area (Å²) < 4.78 is 0. The van der Waals surface area contributed by atoms with Crippen molar-refractivity contribution in [2.75, 3.05) is 19.6 Å². The zero-order valence-electron chi connectivity index (χ0n) is 18.1. The van der Waals surface area contributed by atoms with Gasteiger partial charge in [0.25, 0.3) is 0 Å². The average Bonchev–Trinajstić information content (AvgIpc) is 3.54. The summed E-state index contributed by atoms with van der Waals surface area (Å²) >= 11 is 0. The van der Waals surface area contributed by atoms with E-state index < -0.39 is 11.0 Å². The summed E-state index contributed by atoms with van der Waals surface area (Å²) in [6.45, 7) is 4.87. The van der Waals surface area contributed by atoms with E-state index in [0.717, 1.165) is 47.6 Å². The second-order valence-electron chi connectivity index (χ2n) is 10.2. The number of nitrogens with zero attached hydrogens (tertiary/aromatic N) is 2. The molecule has 2 aliphatic carbocycles. The highest BCUT2D eigenvalue weighted by atomic mass is 16.3. The summed E-state index contributed by atoms with van der Waals surface area (Å²) in [5, 5.41) is 23.7. The topological polar surface area (TPSA) is 56.6 Å². The second-order valence-corrected chi connectivity index (χ2v) is 10.2. The summed E-state index contributed by atoms with van der Waals surface area (Å²) in [6, 6.07) is 16.2. The standard InChI is InChI=1S/C27H30N2O2/c1-18-5-8-20-12-21-14-27(31)17-29(16-19-6-7-19)10-9-26(27,15-25(21)28-24(20)11-18)22-3-2-4-23(30)13-22/h2-5,8,11-13,19,30-31H,6-7,9-10,14-17H2,1H3/t26-,27-/m0/s1. The van der Waals surface area contributed by atoms with Crippen molar-refractivity contribution in [1.82, 2.24) is 9.88 Å². The maximum atomic E-state index is 12.3. The molecule has 2 fully saturated rings. The number of β-amino-alcohol motifs (C(OH)–C–C–N with tert-alkyl or cyclic N) is 1. The highest BCUT2D eigenvalue weighted by Crippen LogP contribution is 2.51. The Hall–Kier alpha value is -2.43. The van der Waals surface area contributed by atoms with Gasteiger partial charge in [-0.3, -0.25) is 4.98 Å². The summed E-state index contributed by atoms with van der Waals surface area (Å²) in [5.41, 5.74) is 4.25. The number of aromatic nitrogens is 1. The molecule has 2 atom stereocenters. The van der Waals surface area contributed by atoms with Crippen LogP contribution in [0.4, 0.5) is 0 Å². The van der Waals surface area contributed by atoms with E-state index in [4.69, 9.17) is 4.98 Å². The number of piperidine rings is 1. The maximum Gasteiger partial charge on any atom is 0.115 e. The first-order chi connectivity index (χ1) is 14.9. The van der Waals surface area contributed by atoms with E-state index in [1.807, 2.05) is 12.1 Å². The Morgan fingerprint density at radius 3 is 2.77 bits per heavy atom. The molecule has 160 valence electrons. The first kappa shape index (κ1) is 19.3. The van der Waals surface area contributed by atoms with E-state index in [1.54, 1.807) is 6.07 Å². The predicted octanol–water partition coefficient (Wildman–Crippen LogP) is 4.13. The molecule has 6 rings (SSSR count). The fraction of sp³-hybridized carbons (Fsp3) is 0.444. The first-order valence-electron chi connectivity index (χ1n) is 11.6. The molecule has 2 aromatic carbocycles. The van der Waals surface area contributed by atoms with Gasteiger partial charge in [-0.05, 0) is 79.6 Å². The van der Waals surface area contributed by atoms with Gasteiger partial charge in [-0.1, -0.05) is 24.3 Å². The minimum absolute atomic E-state index is 0.266. The molecule has 1 aromatic heterocycles. The minimum Gasteiger partial charge on any atom is -0.508 e. The van der Waals surface area contributed by atoms with Gasteiger partial charge < -0.3 is 15.1 Å². The van der Waals surface area contributed by atoms with Gasteiger partial charge in [-0.2, -0.15) is 0 Å². The van der Waals surface area contributed by atoms with E-state index >= 15 is 0 Å². The number of pyridine rings is 1. The molecular formula is C27H30N2O2. The Balaban J connectivity index is 1.48. The molecule has 3 aliphatic rings. The largest absolute Gasteiger partial charge is 0.508 e. The predicted molar refractivity (Wildman–Crippen MR) is 122 cm³/mol. The highest BCUT2D eigenvalue weighted by Gasteiger charge is 2.57. The lowest BCUT2D eigenvalue weighted by molar-refractivity contribution is -0.104. The van der Waals surface area contributed by atoms with Crippen LogP contribution in [0.2, 0.25) is 0 Å². The normalized spacial score (nSPS) is 28.3. The van der Waals surface area contributed by atoms with Crippen LogP contribution in [0.3, 0.4) is 0 Å². The number of aliphatic hydroxyl groups is 1. The lowest BCUT2D eigenvalue weighted by Gasteiger charge is -2.56. The smallest absolute Gasteiger partial charge is 0.115 e. The second kappa shape index (κ2) is 6.78. The van der Waals surface area contributed by atoms with Crippen molar-refractivity contribution in [2.45, 2.75) is 50.0 Å². The van der Waals surface area contributed by atoms with E-state index in [1.165, 1.54) is 24.0 Å². The van der Waals surface area contributed by atoms with E-state index in [0.29, 0.717) is 19.4 Å². The molecule has 4 heteroatoms. The van der Waals surface area contributed by atoms with Crippen molar-refractivity contribution in [3.63, 3.8) is 0 Å². The number of aromatic hydroxyl groups is 1. The summed E-state index contributed by atoms with van der Waals surface area (Å²) in [4.78, 5) is 7.56. The van der Waals surface area contributed by atoms with Crippen molar-refractivity contribution < 1.29 is 10.2 Å². The van der Waals surface area contributed by atoms with Crippen LogP contribution in [0.1, 0.15) is 41.6 Å². The number of phenolic OH excluding ortho intramolecular Hbond substituents is 1. The van der Waals surface area contributed by atoms with E-state index in [2.05, 4.69) is 42.2 Å². The average molecular weight is 415 g/mol. The third kappa shape index (κ3) is 3.16. The Bertz CT molecular complexity index is 1170. The third-order valence-corrected chi connectivity index (χ3v) is 7.94. The van der Waals surface area contributed by atoms with Crippen molar-refractivity contribution in [3.8, 4) is 5.75 Å². The van der Waals surface area contributed by atoms with Gasteiger partial charge in [0.05, 0.1) is 11.1 Å². The molecule has 0 spiro atoms.